The van der Waals surface area contributed by atoms with E-state index in [2.05, 4.69) is 0 Å². The number of phenolic OH excluding ortho intramolecular Hbond substituents is 1. The van der Waals surface area contributed by atoms with Gasteiger partial charge in [-0.1, -0.05) is 0 Å². The number of carbonyl (C=O) groups is 1. The largest absolute Gasteiger partial charge is 0.508 e. The maximum atomic E-state index is 13.4. The number of halogens is 3. The monoisotopic (exact) mass is 273 g/mol. The molecule has 1 aliphatic heterocycles. The number of piperidine rings is 1. The van der Waals surface area contributed by atoms with Crippen molar-refractivity contribution in [2.75, 3.05) is 13.1 Å². The van der Waals surface area contributed by atoms with Crippen molar-refractivity contribution in [3.63, 3.8) is 0 Å². The summed E-state index contributed by atoms with van der Waals surface area (Å²) in [4.78, 5) is 13.2. The zero-order valence-electron chi connectivity index (χ0n) is 10.2. The first-order valence-corrected chi connectivity index (χ1v) is 6.00. The predicted octanol–water partition coefficient (Wildman–Crippen LogP) is 2.33. The molecule has 6 heteroatoms. The normalized spacial score (nSPS) is 18.4. The number of alkyl halides is 2. The van der Waals surface area contributed by atoms with Gasteiger partial charge in [0, 0.05) is 31.5 Å². The lowest BCUT2D eigenvalue weighted by molar-refractivity contribution is -0.136. The average molecular weight is 273 g/mol. The molecule has 0 bridgehead atoms. The van der Waals surface area contributed by atoms with Crippen LogP contribution < -0.4 is 0 Å². The quantitative estimate of drug-likeness (QED) is 0.898. The molecule has 0 spiro atoms. The van der Waals surface area contributed by atoms with E-state index < -0.39 is 17.6 Å². The summed E-state index contributed by atoms with van der Waals surface area (Å²) in [5, 5.41) is 9.24. The molecular weight excluding hydrogens is 259 g/mol. The van der Waals surface area contributed by atoms with E-state index in [1.807, 2.05) is 0 Å². The van der Waals surface area contributed by atoms with Crippen LogP contribution in [0.25, 0.3) is 0 Å². The molecule has 1 amide bonds. The lowest BCUT2D eigenvalue weighted by atomic mass is 10.0. The average Bonchev–Trinajstić information content (AvgIpc) is 2.33. The number of amides is 1. The number of hydrogen-bond donors (Lipinski definition) is 1. The molecule has 1 heterocycles. The summed E-state index contributed by atoms with van der Waals surface area (Å²) < 4.78 is 39.3. The minimum absolute atomic E-state index is 0.0216. The first-order valence-electron chi connectivity index (χ1n) is 6.00. The molecule has 2 rings (SSSR count). The van der Waals surface area contributed by atoms with E-state index in [1.165, 1.54) is 17.0 Å². The van der Waals surface area contributed by atoms with E-state index in [0.29, 0.717) is 0 Å². The van der Waals surface area contributed by atoms with Crippen LogP contribution in [0.15, 0.2) is 18.2 Å². The fraction of sp³-hybridized carbons (Fsp3) is 0.462. The van der Waals surface area contributed by atoms with Crippen LogP contribution in [0, 0.1) is 5.82 Å². The van der Waals surface area contributed by atoms with Gasteiger partial charge >= 0.3 is 0 Å². The number of likely N-dealkylation sites (tertiary alicyclic amines) is 1. The Morgan fingerprint density at radius 3 is 2.58 bits per heavy atom. The van der Waals surface area contributed by atoms with Crippen LogP contribution in [-0.2, 0) is 11.2 Å². The van der Waals surface area contributed by atoms with Gasteiger partial charge in [-0.25, -0.2) is 13.2 Å². The SMILES string of the molecule is O=C(Cc1cc(O)ccc1F)N1CCC(F)(F)CC1. The highest BCUT2D eigenvalue weighted by Crippen LogP contribution is 2.28. The zero-order valence-corrected chi connectivity index (χ0v) is 10.2. The highest BCUT2D eigenvalue weighted by Gasteiger charge is 2.35. The van der Waals surface area contributed by atoms with Crippen molar-refractivity contribution in [1.82, 2.24) is 4.90 Å². The van der Waals surface area contributed by atoms with Crippen molar-refractivity contribution in [2.45, 2.75) is 25.2 Å². The van der Waals surface area contributed by atoms with Gasteiger partial charge in [-0.3, -0.25) is 4.79 Å². The maximum absolute atomic E-state index is 13.4. The highest BCUT2D eigenvalue weighted by atomic mass is 19.3. The summed E-state index contributed by atoms with van der Waals surface area (Å²) in [5.41, 5.74) is 0.0716. The molecule has 0 saturated carbocycles. The van der Waals surface area contributed by atoms with Crippen LogP contribution in [0.1, 0.15) is 18.4 Å². The number of aromatic hydroxyl groups is 1. The molecule has 0 aromatic heterocycles. The van der Waals surface area contributed by atoms with Crippen molar-refractivity contribution >= 4 is 5.91 Å². The Morgan fingerprint density at radius 2 is 1.95 bits per heavy atom. The summed E-state index contributed by atoms with van der Waals surface area (Å²) in [5.74, 6) is -3.84. The highest BCUT2D eigenvalue weighted by molar-refractivity contribution is 5.79. The molecule has 0 aliphatic carbocycles. The molecule has 1 aromatic rings. The number of benzene rings is 1. The minimum Gasteiger partial charge on any atom is -0.508 e. The lowest BCUT2D eigenvalue weighted by Gasteiger charge is -2.31. The standard InChI is InChI=1S/C13H14F3NO2/c14-11-2-1-10(18)7-9(11)8-12(19)17-5-3-13(15,16)4-6-17/h1-2,7,18H,3-6,8H2. The number of nitrogens with zero attached hydrogens (tertiary/aromatic N) is 1. The fourth-order valence-electron chi connectivity index (χ4n) is 2.05. The molecule has 0 radical (unpaired) electrons. The second-order valence-corrected chi connectivity index (χ2v) is 4.69. The van der Waals surface area contributed by atoms with Gasteiger partial charge in [0.1, 0.15) is 11.6 Å². The van der Waals surface area contributed by atoms with Gasteiger partial charge in [0.2, 0.25) is 5.91 Å². The topological polar surface area (TPSA) is 40.5 Å². The van der Waals surface area contributed by atoms with Gasteiger partial charge in [0.25, 0.3) is 5.92 Å². The zero-order chi connectivity index (χ0) is 14.0. The molecule has 0 atom stereocenters. The van der Waals surface area contributed by atoms with E-state index in [1.54, 1.807) is 0 Å². The lowest BCUT2D eigenvalue weighted by Crippen LogP contribution is -2.43. The second kappa shape index (κ2) is 5.11. The molecule has 1 saturated heterocycles. The number of carbonyl (C=O) groups excluding carboxylic acids is 1. The third-order valence-electron chi connectivity index (χ3n) is 3.22. The Bertz CT molecular complexity index is 481. The molecule has 0 unspecified atom stereocenters. The van der Waals surface area contributed by atoms with Gasteiger partial charge < -0.3 is 10.0 Å². The van der Waals surface area contributed by atoms with Crippen LogP contribution in [0.2, 0.25) is 0 Å². The third kappa shape index (κ3) is 3.39. The van der Waals surface area contributed by atoms with E-state index in [9.17, 15) is 23.1 Å². The van der Waals surface area contributed by atoms with Gasteiger partial charge in [0.05, 0.1) is 6.42 Å². The molecule has 1 aliphatic rings. The van der Waals surface area contributed by atoms with Crippen LogP contribution >= 0.6 is 0 Å². The molecule has 19 heavy (non-hydrogen) atoms. The number of rotatable bonds is 2. The first kappa shape index (κ1) is 13.7. The molecule has 1 aromatic carbocycles. The van der Waals surface area contributed by atoms with Gasteiger partial charge in [-0.15, -0.1) is 0 Å². The summed E-state index contributed by atoms with van der Waals surface area (Å²) in [6.45, 7) is -0.0431. The van der Waals surface area contributed by atoms with E-state index in [-0.39, 0.29) is 43.7 Å². The smallest absolute Gasteiger partial charge is 0.251 e. The van der Waals surface area contributed by atoms with Crippen molar-refractivity contribution in [1.29, 1.82) is 0 Å². The second-order valence-electron chi connectivity index (χ2n) is 4.69. The number of phenols is 1. The van der Waals surface area contributed by atoms with Crippen molar-refractivity contribution in [3.8, 4) is 5.75 Å². The molecule has 104 valence electrons. The van der Waals surface area contributed by atoms with Gasteiger partial charge in [-0.2, -0.15) is 0 Å². The van der Waals surface area contributed by atoms with Gasteiger partial charge in [-0.05, 0) is 18.2 Å². The van der Waals surface area contributed by atoms with E-state index in [0.717, 1.165) is 6.07 Å². The Balaban J connectivity index is 2.00. The van der Waals surface area contributed by atoms with Crippen LogP contribution in [0.5, 0.6) is 5.75 Å². The van der Waals surface area contributed by atoms with Gasteiger partial charge in [0.15, 0.2) is 0 Å². The summed E-state index contributed by atoms with van der Waals surface area (Å²) in [6, 6.07) is 3.43. The molecule has 1 fully saturated rings. The summed E-state index contributed by atoms with van der Waals surface area (Å²) >= 11 is 0. The summed E-state index contributed by atoms with van der Waals surface area (Å²) in [7, 11) is 0. The van der Waals surface area contributed by atoms with Crippen LogP contribution in [0.3, 0.4) is 0 Å². The van der Waals surface area contributed by atoms with Crippen LogP contribution in [0.4, 0.5) is 13.2 Å². The molecular formula is C13H14F3NO2. The Labute approximate surface area is 108 Å². The number of hydrogen-bond acceptors (Lipinski definition) is 2. The first-order chi connectivity index (χ1) is 8.87. The Hall–Kier alpha value is -1.72. The Morgan fingerprint density at radius 1 is 1.32 bits per heavy atom. The van der Waals surface area contributed by atoms with Crippen molar-refractivity contribution < 1.29 is 23.1 Å². The Kier molecular flexibility index (Phi) is 3.68. The molecule has 1 N–H and O–H groups in total. The maximum Gasteiger partial charge on any atom is 0.251 e. The summed E-state index contributed by atoms with van der Waals surface area (Å²) in [6.07, 6.45) is -0.950. The fourth-order valence-corrected chi connectivity index (χ4v) is 2.05. The van der Waals surface area contributed by atoms with Crippen molar-refractivity contribution in [3.05, 3.63) is 29.6 Å². The third-order valence-corrected chi connectivity index (χ3v) is 3.22. The van der Waals surface area contributed by atoms with E-state index in [4.69, 9.17) is 0 Å². The predicted molar refractivity (Wildman–Crippen MR) is 62.5 cm³/mol. The van der Waals surface area contributed by atoms with Crippen LogP contribution in [-0.4, -0.2) is 34.9 Å². The van der Waals surface area contributed by atoms with E-state index >= 15 is 0 Å². The molecule has 3 nitrogen and oxygen atoms in total. The minimum atomic E-state index is -2.72. The van der Waals surface area contributed by atoms with Crippen molar-refractivity contribution in [2.24, 2.45) is 0 Å².